The van der Waals surface area contributed by atoms with Crippen molar-refractivity contribution in [1.82, 2.24) is 20.0 Å². The summed E-state index contributed by atoms with van der Waals surface area (Å²) in [6.45, 7) is 10.9. The third-order valence-electron chi connectivity index (χ3n) is 2.96. The second kappa shape index (κ2) is 8.02. The van der Waals surface area contributed by atoms with Crippen molar-refractivity contribution in [2.75, 3.05) is 20.1 Å². The van der Waals surface area contributed by atoms with Gasteiger partial charge in [-0.25, -0.2) is 4.79 Å². The molecule has 0 atom stereocenters. The van der Waals surface area contributed by atoms with Gasteiger partial charge >= 0.3 is 6.09 Å². The highest BCUT2D eigenvalue weighted by Gasteiger charge is 2.18. The number of hydrogen-bond donors (Lipinski definition) is 1. The minimum Gasteiger partial charge on any atom is -0.444 e. The van der Waals surface area contributed by atoms with E-state index < -0.39 is 5.60 Å². The molecule has 0 aliphatic heterocycles. The van der Waals surface area contributed by atoms with E-state index in [1.165, 1.54) is 5.69 Å². The van der Waals surface area contributed by atoms with Crippen LogP contribution in [0.25, 0.3) is 0 Å². The topological polar surface area (TPSA) is 59.4 Å². The third-order valence-corrected chi connectivity index (χ3v) is 2.96. The van der Waals surface area contributed by atoms with E-state index in [0.717, 1.165) is 26.1 Å². The predicted octanol–water partition coefficient (Wildman–Crippen LogP) is 2.25. The second-order valence-corrected chi connectivity index (χ2v) is 6.07. The highest BCUT2D eigenvalue weighted by molar-refractivity contribution is 5.67. The fourth-order valence-corrected chi connectivity index (χ4v) is 1.88. The summed E-state index contributed by atoms with van der Waals surface area (Å²) in [4.78, 5) is 13.4. The number of amides is 1. The van der Waals surface area contributed by atoms with E-state index in [-0.39, 0.29) is 6.09 Å². The molecular weight excluding hydrogens is 268 g/mol. The molecule has 1 rings (SSSR count). The quantitative estimate of drug-likeness (QED) is 0.784. The van der Waals surface area contributed by atoms with Crippen molar-refractivity contribution in [3.05, 3.63) is 18.0 Å². The van der Waals surface area contributed by atoms with E-state index in [1.54, 1.807) is 11.9 Å². The predicted molar refractivity (Wildman–Crippen MR) is 83.1 cm³/mol. The van der Waals surface area contributed by atoms with Crippen LogP contribution in [0, 0.1) is 0 Å². The van der Waals surface area contributed by atoms with Gasteiger partial charge in [0.15, 0.2) is 0 Å². The molecular formula is C15H28N4O2. The Morgan fingerprint density at radius 3 is 2.81 bits per heavy atom. The summed E-state index contributed by atoms with van der Waals surface area (Å²) in [5.74, 6) is 0. The molecule has 0 saturated heterocycles. The Bertz CT molecular complexity index is 437. The van der Waals surface area contributed by atoms with E-state index in [4.69, 9.17) is 4.74 Å². The number of nitrogens with one attached hydrogen (secondary N) is 1. The Kier molecular flexibility index (Phi) is 6.68. The number of hydrogen-bond acceptors (Lipinski definition) is 4. The fourth-order valence-electron chi connectivity index (χ4n) is 1.88. The van der Waals surface area contributed by atoms with Crippen LogP contribution in [0.2, 0.25) is 0 Å². The molecule has 120 valence electrons. The van der Waals surface area contributed by atoms with Gasteiger partial charge in [0.25, 0.3) is 0 Å². The summed E-state index contributed by atoms with van der Waals surface area (Å²) < 4.78 is 7.27. The van der Waals surface area contributed by atoms with E-state index in [1.807, 2.05) is 37.7 Å². The summed E-state index contributed by atoms with van der Waals surface area (Å²) in [6, 6.07) is 2.02. The van der Waals surface area contributed by atoms with E-state index >= 15 is 0 Å². The van der Waals surface area contributed by atoms with Crippen LogP contribution in [0.15, 0.2) is 12.3 Å². The fraction of sp³-hybridized carbons (Fsp3) is 0.733. The number of ether oxygens (including phenoxy) is 1. The first-order valence-electron chi connectivity index (χ1n) is 7.49. The summed E-state index contributed by atoms with van der Waals surface area (Å²) in [5.41, 5.74) is 0.736. The summed E-state index contributed by atoms with van der Waals surface area (Å²) >= 11 is 0. The van der Waals surface area contributed by atoms with Gasteiger partial charge in [-0.15, -0.1) is 0 Å². The van der Waals surface area contributed by atoms with Crippen molar-refractivity contribution in [3.63, 3.8) is 0 Å². The smallest absolute Gasteiger partial charge is 0.410 e. The molecule has 0 bridgehead atoms. The number of carbonyl (C=O) groups excluding carboxylic acids is 1. The summed E-state index contributed by atoms with van der Waals surface area (Å²) in [5, 5.41) is 7.59. The lowest BCUT2D eigenvalue weighted by Crippen LogP contribution is -2.35. The van der Waals surface area contributed by atoms with Gasteiger partial charge < -0.3 is 15.0 Å². The van der Waals surface area contributed by atoms with Crippen LogP contribution in [-0.4, -0.2) is 46.5 Å². The van der Waals surface area contributed by atoms with Crippen LogP contribution in [0.1, 0.15) is 39.8 Å². The number of aromatic nitrogens is 2. The van der Waals surface area contributed by atoms with Crippen LogP contribution in [0.3, 0.4) is 0 Å². The molecule has 0 unspecified atom stereocenters. The Balaban J connectivity index is 2.18. The minimum absolute atomic E-state index is 0.272. The van der Waals surface area contributed by atoms with E-state index in [2.05, 4.69) is 17.3 Å². The van der Waals surface area contributed by atoms with Crippen molar-refractivity contribution in [2.24, 2.45) is 0 Å². The highest BCUT2D eigenvalue weighted by atomic mass is 16.6. The molecule has 21 heavy (non-hydrogen) atoms. The van der Waals surface area contributed by atoms with Crippen LogP contribution in [0.5, 0.6) is 0 Å². The summed E-state index contributed by atoms with van der Waals surface area (Å²) in [6.07, 6.45) is 2.43. The van der Waals surface area contributed by atoms with Gasteiger partial charge in [0.05, 0.1) is 5.69 Å². The van der Waals surface area contributed by atoms with Gasteiger partial charge in [-0.05, 0) is 46.7 Å². The molecule has 0 fully saturated rings. The number of carbonyl (C=O) groups is 1. The van der Waals surface area contributed by atoms with Crippen molar-refractivity contribution < 1.29 is 9.53 Å². The molecule has 1 aromatic heterocycles. The molecule has 1 amide bonds. The highest BCUT2D eigenvalue weighted by Crippen LogP contribution is 2.09. The Hall–Kier alpha value is -1.56. The first-order chi connectivity index (χ1) is 9.83. The van der Waals surface area contributed by atoms with Crippen LogP contribution in [0.4, 0.5) is 4.79 Å². The first-order valence-corrected chi connectivity index (χ1v) is 7.49. The molecule has 0 aliphatic rings. The lowest BCUT2D eigenvalue weighted by atomic mass is 10.2. The van der Waals surface area contributed by atoms with Crippen molar-refractivity contribution in [2.45, 2.75) is 52.8 Å². The Morgan fingerprint density at radius 1 is 1.48 bits per heavy atom. The minimum atomic E-state index is -0.442. The number of rotatable bonds is 7. The molecule has 1 aromatic rings. The molecule has 0 spiro atoms. The zero-order chi connectivity index (χ0) is 15.9. The van der Waals surface area contributed by atoms with Gasteiger partial charge in [0.2, 0.25) is 0 Å². The summed E-state index contributed by atoms with van der Waals surface area (Å²) in [7, 11) is 1.76. The lowest BCUT2D eigenvalue weighted by Gasteiger charge is -2.24. The first kappa shape index (κ1) is 17.5. The maximum Gasteiger partial charge on any atom is 0.410 e. The molecule has 0 aromatic carbocycles. The lowest BCUT2D eigenvalue weighted by molar-refractivity contribution is 0.0297. The van der Waals surface area contributed by atoms with Gasteiger partial charge in [0, 0.05) is 32.9 Å². The van der Waals surface area contributed by atoms with Gasteiger partial charge in [0.1, 0.15) is 5.60 Å². The average molecular weight is 296 g/mol. The third kappa shape index (κ3) is 6.62. The second-order valence-electron chi connectivity index (χ2n) is 6.07. The van der Waals surface area contributed by atoms with Crippen molar-refractivity contribution in [1.29, 1.82) is 0 Å². The normalized spacial score (nSPS) is 11.5. The van der Waals surface area contributed by atoms with Crippen LogP contribution < -0.4 is 5.32 Å². The molecule has 1 heterocycles. The Morgan fingerprint density at radius 2 is 2.19 bits per heavy atom. The standard InChI is InChI=1S/C15H28N4O2/c1-6-19-13(8-10-17-19)12-16-9-7-11-18(5)14(20)21-15(2,3)4/h8,10,16H,6-7,9,11-12H2,1-5H3. The largest absolute Gasteiger partial charge is 0.444 e. The van der Waals surface area contributed by atoms with Gasteiger partial charge in [-0.2, -0.15) is 5.10 Å². The van der Waals surface area contributed by atoms with Crippen molar-refractivity contribution in [3.8, 4) is 0 Å². The molecule has 6 nitrogen and oxygen atoms in total. The molecule has 0 aliphatic carbocycles. The van der Waals surface area contributed by atoms with Crippen LogP contribution in [-0.2, 0) is 17.8 Å². The monoisotopic (exact) mass is 296 g/mol. The van der Waals surface area contributed by atoms with E-state index in [9.17, 15) is 4.79 Å². The maximum absolute atomic E-state index is 11.8. The molecule has 0 saturated carbocycles. The number of aryl methyl sites for hydroxylation is 1. The van der Waals surface area contributed by atoms with Crippen molar-refractivity contribution >= 4 is 6.09 Å². The van der Waals surface area contributed by atoms with Gasteiger partial charge in [-0.1, -0.05) is 0 Å². The van der Waals surface area contributed by atoms with Crippen LogP contribution >= 0.6 is 0 Å². The zero-order valence-corrected chi connectivity index (χ0v) is 13.8. The molecule has 6 heteroatoms. The molecule has 1 N–H and O–H groups in total. The molecule has 0 radical (unpaired) electrons. The van der Waals surface area contributed by atoms with Gasteiger partial charge in [-0.3, -0.25) is 4.68 Å². The SMILES string of the molecule is CCn1nccc1CNCCCN(C)C(=O)OC(C)(C)C. The maximum atomic E-state index is 11.8. The zero-order valence-electron chi connectivity index (χ0n) is 13.8. The number of nitrogens with zero attached hydrogens (tertiary/aromatic N) is 3. The Labute approximate surface area is 127 Å². The average Bonchev–Trinajstić information content (AvgIpc) is 2.83. The van der Waals surface area contributed by atoms with E-state index in [0.29, 0.717) is 6.54 Å².